The molecule has 0 saturated carbocycles. The fourth-order valence-electron chi connectivity index (χ4n) is 2.06. The quantitative estimate of drug-likeness (QED) is 0.600. The van der Waals surface area contributed by atoms with Crippen molar-refractivity contribution in [2.75, 3.05) is 6.61 Å². The van der Waals surface area contributed by atoms with Crippen LogP contribution in [0.2, 0.25) is 0 Å². The maximum atomic E-state index is 5.30. The Morgan fingerprint density at radius 2 is 1.75 bits per heavy atom. The Labute approximate surface area is 123 Å². The Hall–Kier alpha value is -1.71. The monoisotopic (exact) mass is 284 g/mol. The van der Waals surface area contributed by atoms with E-state index in [2.05, 4.69) is 48.5 Å². The molecule has 1 aliphatic heterocycles. The standard InChI is InChI=1S/C17H16O2S/c1-2-7-14(8-3-1)13-20-17-11-5-4-9-15(17)16-10-6-12-18-19-16/h1-5,7-11H,6,12-13H2. The summed E-state index contributed by atoms with van der Waals surface area (Å²) in [6.07, 6.45) is 2.98. The first-order valence-electron chi connectivity index (χ1n) is 6.69. The van der Waals surface area contributed by atoms with Crippen molar-refractivity contribution in [3.8, 4) is 0 Å². The van der Waals surface area contributed by atoms with Crippen LogP contribution >= 0.6 is 11.8 Å². The maximum absolute atomic E-state index is 5.30. The minimum absolute atomic E-state index is 0.628. The van der Waals surface area contributed by atoms with E-state index in [1.54, 1.807) is 0 Å². The van der Waals surface area contributed by atoms with Crippen molar-refractivity contribution in [3.05, 3.63) is 71.8 Å². The van der Waals surface area contributed by atoms with Gasteiger partial charge in [-0.15, -0.1) is 11.8 Å². The van der Waals surface area contributed by atoms with E-state index in [1.165, 1.54) is 10.5 Å². The summed E-state index contributed by atoms with van der Waals surface area (Å²) in [4.78, 5) is 11.6. The van der Waals surface area contributed by atoms with Crippen LogP contribution in [0.4, 0.5) is 0 Å². The van der Waals surface area contributed by atoms with Crippen LogP contribution in [-0.2, 0) is 15.5 Å². The first-order valence-corrected chi connectivity index (χ1v) is 7.68. The third kappa shape index (κ3) is 3.24. The molecule has 0 fully saturated rings. The summed E-state index contributed by atoms with van der Waals surface area (Å²) in [5, 5.41) is 0. The van der Waals surface area contributed by atoms with Crippen LogP contribution in [0.25, 0.3) is 5.76 Å². The summed E-state index contributed by atoms with van der Waals surface area (Å²) >= 11 is 1.82. The van der Waals surface area contributed by atoms with Crippen LogP contribution in [0.3, 0.4) is 0 Å². The predicted octanol–water partition coefficient (Wildman–Crippen LogP) is 4.67. The molecule has 0 amide bonds. The highest BCUT2D eigenvalue weighted by Gasteiger charge is 2.13. The molecule has 2 aromatic rings. The second-order valence-electron chi connectivity index (χ2n) is 4.53. The van der Waals surface area contributed by atoms with Crippen LogP contribution < -0.4 is 0 Å². The number of thioether (sulfide) groups is 1. The lowest BCUT2D eigenvalue weighted by Gasteiger charge is -2.16. The van der Waals surface area contributed by atoms with Crippen molar-refractivity contribution >= 4 is 17.5 Å². The molecular weight excluding hydrogens is 268 g/mol. The van der Waals surface area contributed by atoms with Gasteiger partial charge < -0.3 is 4.89 Å². The molecule has 3 heteroatoms. The maximum Gasteiger partial charge on any atom is 0.169 e. The fourth-order valence-corrected chi connectivity index (χ4v) is 3.08. The number of hydrogen-bond donors (Lipinski definition) is 0. The largest absolute Gasteiger partial charge is 0.337 e. The Bertz CT molecular complexity index is 593. The molecule has 0 aromatic heterocycles. The molecule has 1 aliphatic rings. The minimum Gasteiger partial charge on any atom is -0.337 e. The van der Waals surface area contributed by atoms with Crippen LogP contribution in [0.15, 0.2) is 65.6 Å². The van der Waals surface area contributed by atoms with Gasteiger partial charge in [-0.2, -0.15) is 4.89 Å². The van der Waals surface area contributed by atoms with E-state index in [4.69, 9.17) is 9.78 Å². The zero-order chi connectivity index (χ0) is 13.6. The molecule has 1 heterocycles. The van der Waals surface area contributed by atoms with Crippen LogP contribution in [-0.4, -0.2) is 6.61 Å². The lowest BCUT2D eigenvalue weighted by atomic mass is 10.1. The van der Waals surface area contributed by atoms with Crippen molar-refractivity contribution in [1.29, 1.82) is 0 Å². The summed E-state index contributed by atoms with van der Waals surface area (Å²) in [6.45, 7) is 0.628. The van der Waals surface area contributed by atoms with Gasteiger partial charge in [-0.3, -0.25) is 0 Å². The normalized spacial score (nSPS) is 14.5. The minimum atomic E-state index is 0.628. The van der Waals surface area contributed by atoms with Crippen LogP contribution in [0.1, 0.15) is 17.5 Å². The van der Waals surface area contributed by atoms with Gasteiger partial charge in [0.25, 0.3) is 0 Å². The molecule has 3 rings (SSSR count). The smallest absolute Gasteiger partial charge is 0.169 e. The summed E-state index contributed by atoms with van der Waals surface area (Å²) in [7, 11) is 0. The van der Waals surface area contributed by atoms with Gasteiger partial charge in [0, 0.05) is 16.2 Å². The Balaban J connectivity index is 1.78. The highest BCUT2D eigenvalue weighted by molar-refractivity contribution is 7.98. The van der Waals surface area contributed by atoms with E-state index in [0.29, 0.717) is 6.61 Å². The van der Waals surface area contributed by atoms with Gasteiger partial charge >= 0.3 is 0 Å². The van der Waals surface area contributed by atoms with Crippen molar-refractivity contribution in [1.82, 2.24) is 0 Å². The molecule has 0 radical (unpaired) electrons. The van der Waals surface area contributed by atoms with Gasteiger partial charge in [0.2, 0.25) is 0 Å². The molecule has 0 unspecified atom stereocenters. The number of benzene rings is 2. The van der Waals surface area contributed by atoms with Crippen LogP contribution in [0.5, 0.6) is 0 Å². The second-order valence-corrected chi connectivity index (χ2v) is 5.55. The van der Waals surface area contributed by atoms with E-state index >= 15 is 0 Å². The van der Waals surface area contributed by atoms with E-state index in [9.17, 15) is 0 Å². The van der Waals surface area contributed by atoms with Gasteiger partial charge in [-0.1, -0.05) is 42.5 Å². The topological polar surface area (TPSA) is 18.5 Å². The molecule has 0 bridgehead atoms. The molecule has 2 nitrogen and oxygen atoms in total. The van der Waals surface area contributed by atoms with E-state index in [1.807, 2.05) is 23.9 Å². The number of rotatable bonds is 4. The van der Waals surface area contributed by atoms with Gasteiger partial charge in [-0.05, 0) is 30.2 Å². The molecule has 0 N–H and O–H groups in total. The van der Waals surface area contributed by atoms with Crippen LogP contribution in [0, 0.1) is 0 Å². The lowest BCUT2D eigenvalue weighted by molar-refractivity contribution is -0.240. The SMILES string of the molecule is C1=C(c2ccccc2SCc2ccccc2)OOCC1. The van der Waals surface area contributed by atoms with Gasteiger partial charge in [-0.25, -0.2) is 0 Å². The summed E-state index contributed by atoms with van der Waals surface area (Å²) in [5.41, 5.74) is 2.43. The molecule has 0 spiro atoms. The van der Waals surface area contributed by atoms with Gasteiger partial charge in [0.1, 0.15) is 0 Å². The van der Waals surface area contributed by atoms with Crippen molar-refractivity contribution < 1.29 is 9.78 Å². The Morgan fingerprint density at radius 3 is 2.55 bits per heavy atom. The van der Waals surface area contributed by atoms with Crippen molar-refractivity contribution in [3.63, 3.8) is 0 Å². The van der Waals surface area contributed by atoms with E-state index in [-0.39, 0.29) is 0 Å². The third-order valence-electron chi connectivity index (χ3n) is 3.07. The zero-order valence-corrected chi connectivity index (χ0v) is 11.9. The predicted molar refractivity (Wildman–Crippen MR) is 82.1 cm³/mol. The molecule has 20 heavy (non-hydrogen) atoms. The first kappa shape index (κ1) is 13.3. The average molecular weight is 284 g/mol. The Kier molecular flexibility index (Phi) is 4.41. The summed E-state index contributed by atoms with van der Waals surface area (Å²) in [6, 6.07) is 18.8. The molecule has 0 saturated heterocycles. The highest BCUT2D eigenvalue weighted by atomic mass is 32.2. The molecular formula is C17H16O2S. The second kappa shape index (κ2) is 6.64. The molecule has 0 atom stereocenters. The Morgan fingerprint density at radius 1 is 0.950 bits per heavy atom. The van der Waals surface area contributed by atoms with E-state index < -0.39 is 0 Å². The highest BCUT2D eigenvalue weighted by Crippen LogP contribution is 2.32. The lowest BCUT2D eigenvalue weighted by Crippen LogP contribution is -2.03. The fraction of sp³-hybridized carbons (Fsp3) is 0.176. The van der Waals surface area contributed by atoms with E-state index in [0.717, 1.165) is 23.5 Å². The first-order chi connectivity index (χ1) is 9.93. The molecule has 2 aromatic carbocycles. The molecule has 0 aliphatic carbocycles. The molecule has 102 valence electrons. The zero-order valence-electron chi connectivity index (χ0n) is 11.1. The van der Waals surface area contributed by atoms with Gasteiger partial charge in [0.15, 0.2) is 5.76 Å². The number of hydrogen-bond acceptors (Lipinski definition) is 3. The van der Waals surface area contributed by atoms with Crippen molar-refractivity contribution in [2.45, 2.75) is 17.1 Å². The average Bonchev–Trinajstić information content (AvgIpc) is 2.55. The third-order valence-corrected chi connectivity index (χ3v) is 4.21. The van der Waals surface area contributed by atoms with Crippen molar-refractivity contribution in [2.24, 2.45) is 0 Å². The summed E-state index contributed by atoms with van der Waals surface area (Å²) in [5.74, 6) is 1.78. The summed E-state index contributed by atoms with van der Waals surface area (Å²) < 4.78 is 0. The van der Waals surface area contributed by atoms with Gasteiger partial charge in [0.05, 0.1) is 6.61 Å².